The van der Waals surface area contributed by atoms with Gasteiger partial charge in [-0.15, -0.1) is 10.2 Å². The predicted molar refractivity (Wildman–Crippen MR) is 104 cm³/mol. The second-order valence-corrected chi connectivity index (χ2v) is 6.17. The summed E-state index contributed by atoms with van der Waals surface area (Å²) in [5.74, 6) is 1.18. The van der Waals surface area contributed by atoms with Crippen LogP contribution in [-0.2, 0) is 17.6 Å². The van der Waals surface area contributed by atoms with Crippen LogP contribution in [0.3, 0.4) is 0 Å². The Kier molecular flexibility index (Phi) is 6.21. The SMILES string of the molecule is COc1ccc(CCNC(=O)CCc2nnc3ccccn3c2=O)cc1OC. The van der Waals surface area contributed by atoms with Crippen LogP contribution in [-0.4, -0.2) is 41.3 Å². The van der Waals surface area contributed by atoms with Crippen LogP contribution in [0.4, 0.5) is 0 Å². The van der Waals surface area contributed by atoms with Gasteiger partial charge in [0, 0.05) is 25.6 Å². The highest BCUT2D eigenvalue weighted by atomic mass is 16.5. The smallest absolute Gasteiger partial charge is 0.279 e. The van der Waals surface area contributed by atoms with Crippen LogP contribution < -0.4 is 20.3 Å². The number of amides is 1. The fourth-order valence-electron chi connectivity index (χ4n) is 2.84. The lowest BCUT2D eigenvalue weighted by atomic mass is 10.1. The number of hydrogen-bond donors (Lipinski definition) is 1. The summed E-state index contributed by atoms with van der Waals surface area (Å²) in [4.78, 5) is 24.5. The number of aromatic nitrogens is 3. The average molecular weight is 382 g/mol. The van der Waals surface area contributed by atoms with E-state index in [4.69, 9.17) is 9.47 Å². The standard InChI is InChI=1S/C20H22N4O4/c1-27-16-8-6-14(13-17(16)28-2)10-11-21-19(25)9-7-15-20(26)24-12-4-3-5-18(24)23-22-15/h3-6,8,12-13H,7,9-11H2,1-2H3,(H,21,25). The largest absolute Gasteiger partial charge is 0.493 e. The highest BCUT2D eigenvalue weighted by Crippen LogP contribution is 2.27. The van der Waals surface area contributed by atoms with Crippen molar-refractivity contribution in [2.24, 2.45) is 0 Å². The molecule has 0 aliphatic heterocycles. The van der Waals surface area contributed by atoms with Crippen molar-refractivity contribution in [3.05, 3.63) is 64.2 Å². The van der Waals surface area contributed by atoms with Gasteiger partial charge in [-0.25, -0.2) is 0 Å². The van der Waals surface area contributed by atoms with E-state index in [9.17, 15) is 9.59 Å². The number of rotatable bonds is 8. The summed E-state index contributed by atoms with van der Waals surface area (Å²) in [6.07, 6.45) is 2.71. The molecule has 0 radical (unpaired) electrons. The van der Waals surface area contributed by atoms with Crippen LogP contribution in [0.2, 0.25) is 0 Å². The molecule has 0 atom stereocenters. The lowest BCUT2D eigenvalue weighted by Crippen LogP contribution is -2.28. The van der Waals surface area contributed by atoms with Gasteiger partial charge in [-0.3, -0.25) is 14.0 Å². The first-order valence-corrected chi connectivity index (χ1v) is 8.93. The van der Waals surface area contributed by atoms with Crippen LogP contribution in [0.15, 0.2) is 47.4 Å². The minimum Gasteiger partial charge on any atom is -0.493 e. The third kappa shape index (κ3) is 4.46. The van der Waals surface area contributed by atoms with Crippen molar-refractivity contribution in [3.63, 3.8) is 0 Å². The lowest BCUT2D eigenvalue weighted by molar-refractivity contribution is -0.121. The summed E-state index contributed by atoms with van der Waals surface area (Å²) >= 11 is 0. The first kappa shape index (κ1) is 19.3. The molecule has 1 N–H and O–H groups in total. The number of hydrogen-bond acceptors (Lipinski definition) is 6. The van der Waals surface area contributed by atoms with Crippen LogP contribution in [0, 0.1) is 0 Å². The van der Waals surface area contributed by atoms with Gasteiger partial charge >= 0.3 is 0 Å². The highest BCUT2D eigenvalue weighted by Gasteiger charge is 2.10. The number of methoxy groups -OCH3 is 2. The maximum absolute atomic E-state index is 12.4. The fourth-order valence-corrected chi connectivity index (χ4v) is 2.84. The van der Waals surface area contributed by atoms with E-state index in [1.54, 1.807) is 38.6 Å². The number of nitrogens with zero attached hydrogens (tertiary/aromatic N) is 3. The Hall–Kier alpha value is -3.42. The fraction of sp³-hybridized carbons (Fsp3) is 0.300. The minimum absolute atomic E-state index is 0.139. The number of fused-ring (bicyclic) bond motifs is 1. The Bertz CT molecular complexity index is 1030. The van der Waals surface area contributed by atoms with Gasteiger partial charge in [0.1, 0.15) is 5.69 Å². The third-order valence-corrected chi connectivity index (χ3v) is 4.35. The lowest BCUT2D eigenvalue weighted by Gasteiger charge is -2.10. The van der Waals surface area contributed by atoms with E-state index in [0.29, 0.717) is 30.1 Å². The molecule has 1 amide bonds. The van der Waals surface area contributed by atoms with Gasteiger partial charge in [-0.2, -0.15) is 0 Å². The average Bonchev–Trinajstić information content (AvgIpc) is 2.73. The Balaban J connectivity index is 1.51. The Morgan fingerprint density at radius 1 is 1.07 bits per heavy atom. The number of carbonyl (C=O) groups excluding carboxylic acids is 1. The van der Waals surface area contributed by atoms with Gasteiger partial charge in [0.15, 0.2) is 17.1 Å². The van der Waals surface area contributed by atoms with E-state index in [0.717, 1.165) is 5.56 Å². The molecule has 0 saturated carbocycles. The number of benzene rings is 1. The van der Waals surface area contributed by atoms with Crippen molar-refractivity contribution in [2.75, 3.05) is 20.8 Å². The van der Waals surface area contributed by atoms with E-state index >= 15 is 0 Å². The second kappa shape index (κ2) is 8.98. The van der Waals surface area contributed by atoms with E-state index < -0.39 is 0 Å². The number of ether oxygens (including phenoxy) is 2. The molecular formula is C20H22N4O4. The van der Waals surface area contributed by atoms with Crippen molar-refractivity contribution < 1.29 is 14.3 Å². The molecule has 0 spiro atoms. The van der Waals surface area contributed by atoms with Crippen LogP contribution >= 0.6 is 0 Å². The molecule has 8 heteroatoms. The first-order chi connectivity index (χ1) is 13.6. The van der Waals surface area contributed by atoms with Crippen LogP contribution in [0.1, 0.15) is 17.7 Å². The molecule has 146 valence electrons. The number of nitrogens with one attached hydrogen (secondary N) is 1. The molecule has 0 bridgehead atoms. The molecular weight excluding hydrogens is 360 g/mol. The third-order valence-electron chi connectivity index (χ3n) is 4.35. The molecule has 28 heavy (non-hydrogen) atoms. The van der Waals surface area contributed by atoms with E-state index in [1.807, 2.05) is 18.2 Å². The zero-order chi connectivity index (χ0) is 19.9. The summed E-state index contributed by atoms with van der Waals surface area (Å²) in [7, 11) is 3.17. The van der Waals surface area contributed by atoms with Gasteiger partial charge < -0.3 is 14.8 Å². The van der Waals surface area contributed by atoms with Crippen molar-refractivity contribution in [2.45, 2.75) is 19.3 Å². The van der Waals surface area contributed by atoms with E-state index in [2.05, 4.69) is 15.5 Å². The monoisotopic (exact) mass is 382 g/mol. The summed E-state index contributed by atoms with van der Waals surface area (Å²) in [5.41, 5.74) is 1.54. The molecule has 8 nitrogen and oxygen atoms in total. The molecule has 3 aromatic rings. The Morgan fingerprint density at radius 2 is 1.89 bits per heavy atom. The zero-order valence-corrected chi connectivity index (χ0v) is 15.8. The highest BCUT2D eigenvalue weighted by molar-refractivity contribution is 5.76. The molecule has 0 aliphatic carbocycles. The number of aryl methyl sites for hydroxylation is 1. The van der Waals surface area contributed by atoms with Gasteiger partial charge in [0.2, 0.25) is 5.91 Å². The van der Waals surface area contributed by atoms with Crippen molar-refractivity contribution in [1.29, 1.82) is 0 Å². The number of carbonyl (C=O) groups is 1. The van der Waals surface area contributed by atoms with Gasteiger partial charge in [0.05, 0.1) is 14.2 Å². The molecule has 0 unspecified atom stereocenters. The minimum atomic E-state index is -0.247. The molecule has 1 aromatic carbocycles. The summed E-state index contributed by atoms with van der Waals surface area (Å²) in [6, 6.07) is 10.9. The van der Waals surface area contributed by atoms with Crippen molar-refractivity contribution >= 4 is 11.6 Å². The van der Waals surface area contributed by atoms with Crippen LogP contribution in [0.5, 0.6) is 11.5 Å². The summed E-state index contributed by atoms with van der Waals surface area (Å²) in [5, 5.41) is 10.8. The maximum atomic E-state index is 12.4. The Labute approximate surface area is 162 Å². The second-order valence-electron chi connectivity index (χ2n) is 6.17. The van der Waals surface area contributed by atoms with Crippen molar-refractivity contribution in [1.82, 2.24) is 19.9 Å². The molecule has 3 rings (SSSR count). The number of pyridine rings is 1. The predicted octanol–water partition coefficient (Wildman–Crippen LogP) is 1.40. The van der Waals surface area contributed by atoms with E-state index in [-0.39, 0.29) is 30.0 Å². The van der Waals surface area contributed by atoms with Crippen LogP contribution in [0.25, 0.3) is 5.65 Å². The zero-order valence-electron chi connectivity index (χ0n) is 15.8. The first-order valence-electron chi connectivity index (χ1n) is 8.93. The molecule has 0 fully saturated rings. The molecule has 2 aromatic heterocycles. The Morgan fingerprint density at radius 3 is 2.68 bits per heavy atom. The topological polar surface area (TPSA) is 94.8 Å². The van der Waals surface area contributed by atoms with Gasteiger partial charge in [-0.05, 0) is 36.2 Å². The quantitative estimate of drug-likeness (QED) is 0.633. The summed E-state index contributed by atoms with van der Waals surface area (Å²) < 4.78 is 11.9. The molecule has 0 aliphatic rings. The maximum Gasteiger partial charge on any atom is 0.279 e. The van der Waals surface area contributed by atoms with Gasteiger partial charge in [-0.1, -0.05) is 12.1 Å². The summed E-state index contributed by atoms with van der Waals surface area (Å²) in [6.45, 7) is 0.483. The van der Waals surface area contributed by atoms with Gasteiger partial charge in [0.25, 0.3) is 5.56 Å². The van der Waals surface area contributed by atoms with E-state index in [1.165, 1.54) is 4.40 Å². The van der Waals surface area contributed by atoms with Crippen molar-refractivity contribution in [3.8, 4) is 11.5 Å². The normalized spacial score (nSPS) is 10.6. The molecule has 0 saturated heterocycles. The molecule has 2 heterocycles.